The monoisotopic (exact) mass is 212 g/mol. The fourth-order valence-corrected chi connectivity index (χ4v) is 1.71. The lowest BCUT2D eigenvalue weighted by atomic mass is 10.1. The van der Waals surface area contributed by atoms with Crippen molar-refractivity contribution in [2.45, 2.75) is 58.5 Å². The zero-order chi connectivity index (χ0) is 11.5. The van der Waals surface area contributed by atoms with Crippen LogP contribution in [-0.2, 0) is 4.79 Å². The van der Waals surface area contributed by atoms with Crippen LogP contribution in [0.1, 0.15) is 47.0 Å². The molecule has 0 saturated heterocycles. The van der Waals surface area contributed by atoms with Gasteiger partial charge in [-0.3, -0.25) is 4.79 Å². The van der Waals surface area contributed by atoms with Crippen LogP contribution in [0.5, 0.6) is 0 Å². The van der Waals surface area contributed by atoms with Crippen LogP contribution in [0.2, 0.25) is 0 Å². The maximum Gasteiger partial charge on any atom is 0.221 e. The molecule has 0 radical (unpaired) electrons. The average Bonchev–Trinajstić information content (AvgIpc) is 2.80. The first-order chi connectivity index (χ1) is 6.92. The quantitative estimate of drug-likeness (QED) is 0.728. The zero-order valence-corrected chi connectivity index (χ0v) is 10.4. The summed E-state index contributed by atoms with van der Waals surface area (Å²) in [5.74, 6) is 0.928. The summed E-state index contributed by atoms with van der Waals surface area (Å²) in [4.78, 5) is 11.5. The molecule has 1 fully saturated rings. The highest BCUT2D eigenvalue weighted by Crippen LogP contribution is 2.32. The maximum absolute atomic E-state index is 11.5. The maximum atomic E-state index is 11.5. The van der Waals surface area contributed by atoms with Gasteiger partial charge in [-0.25, -0.2) is 0 Å². The largest absolute Gasteiger partial charge is 0.353 e. The standard InChI is InChI=1S/C12H24N2O/c1-5-9-8-10(9)14-11(15)6-7-13-12(2,3)4/h9-10,13H,5-8H2,1-4H3,(H,14,15). The molecule has 0 aliphatic heterocycles. The molecule has 0 spiro atoms. The third-order valence-corrected chi connectivity index (χ3v) is 2.80. The van der Waals surface area contributed by atoms with Crippen molar-refractivity contribution in [2.75, 3.05) is 6.54 Å². The molecule has 1 aliphatic rings. The van der Waals surface area contributed by atoms with E-state index in [1.165, 1.54) is 12.8 Å². The molecule has 0 heterocycles. The highest BCUT2D eigenvalue weighted by atomic mass is 16.1. The van der Waals surface area contributed by atoms with E-state index >= 15 is 0 Å². The van der Waals surface area contributed by atoms with Crippen molar-refractivity contribution < 1.29 is 4.79 Å². The molecular weight excluding hydrogens is 188 g/mol. The summed E-state index contributed by atoms with van der Waals surface area (Å²) >= 11 is 0. The lowest BCUT2D eigenvalue weighted by Crippen LogP contribution is -2.39. The second-order valence-electron chi connectivity index (χ2n) is 5.50. The molecule has 2 unspecified atom stereocenters. The fraction of sp³-hybridized carbons (Fsp3) is 0.917. The molecule has 1 rings (SSSR count). The number of carbonyl (C=O) groups is 1. The molecule has 0 aromatic rings. The van der Waals surface area contributed by atoms with Crippen LogP contribution in [0.3, 0.4) is 0 Å². The van der Waals surface area contributed by atoms with Gasteiger partial charge in [-0.05, 0) is 33.1 Å². The lowest BCUT2D eigenvalue weighted by molar-refractivity contribution is -0.121. The Bertz CT molecular complexity index is 220. The zero-order valence-electron chi connectivity index (χ0n) is 10.4. The molecule has 0 aromatic heterocycles. The number of nitrogens with one attached hydrogen (secondary N) is 2. The molecule has 0 aromatic carbocycles. The van der Waals surface area contributed by atoms with Gasteiger partial charge in [0.15, 0.2) is 0 Å². The van der Waals surface area contributed by atoms with Crippen molar-refractivity contribution in [3.8, 4) is 0 Å². The molecule has 2 atom stereocenters. The smallest absolute Gasteiger partial charge is 0.221 e. The normalized spacial score (nSPS) is 25.1. The van der Waals surface area contributed by atoms with Crippen molar-refractivity contribution in [3.05, 3.63) is 0 Å². The third kappa shape index (κ3) is 5.17. The number of carbonyl (C=O) groups excluding carboxylic acids is 1. The van der Waals surface area contributed by atoms with E-state index in [0.29, 0.717) is 12.5 Å². The van der Waals surface area contributed by atoms with E-state index in [1.54, 1.807) is 0 Å². The van der Waals surface area contributed by atoms with Crippen LogP contribution in [0.15, 0.2) is 0 Å². The molecule has 15 heavy (non-hydrogen) atoms. The van der Waals surface area contributed by atoms with Gasteiger partial charge in [-0.2, -0.15) is 0 Å². The van der Waals surface area contributed by atoms with Gasteiger partial charge in [0.2, 0.25) is 5.91 Å². The Morgan fingerprint density at radius 3 is 2.53 bits per heavy atom. The Morgan fingerprint density at radius 1 is 1.40 bits per heavy atom. The van der Waals surface area contributed by atoms with Gasteiger partial charge in [0.25, 0.3) is 0 Å². The Hall–Kier alpha value is -0.570. The first-order valence-corrected chi connectivity index (χ1v) is 5.97. The summed E-state index contributed by atoms with van der Waals surface area (Å²) in [6, 6.07) is 0.470. The van der Waals surface area contributed by atoms with Gasteiger partial charge in [0.05, 0.1) is 0 Å². The van der Waals surface area contributed by atoms with E-state index in [0.717, 1.165) is 12.5 Å². The fourth-order valence-electron chi connectivity index (χ4n) is 1.71. The third-order valence-electron chi connectivity index (χ3n) is 2.80. The van der Waals surface area contributed by atoms with E-state index in [2.05, 4.69) is 38.3 Å². The minimum Gasteiger partial charge on any atom is -0.353 e. The van der Waals surface area contributed by atoms with Crippen LogP contribution in [-0.4, -0.2) is 24.0 Å². The van der Waals surface area contributed by atoms with Crippen LogP contribution < -0.4 is 10.6 Å². The van der Waals surface area contributed by atoms with E-state index < -0.39 is 0 Å². The molecular formula is C12H24N2O. The molecule has 0 bridgehead atoms. The van der Waals surface area contributed by atoms with Gasteiger partial charge >= 0.3 is 0 Å². The topological polar surface area (TPSA) is 41.1 Å². The van der Waals surface area contributed by atoms with E-state index in [-0.39, 0.29) is 11.4 Å². The molecule has 3 nitrogen and oxygen atoms in total. The molecule has 1 amide bonds. The number of rotatable bonds is 5. The summed E-state index contributed by atoms with van der Waals surface area (Å²) in [6.45, 7) is 9.27. The summed E-state index contributed by atoms with van der Waals surface area (Å²) in [5.41, 5.74) is 0.103. The second kappa shape index (κ2) is 4.97. The average molecular weight is 212 g/mol. The minimum absolute atomic E-state index is 0.103. The summed E-state index contributed by atoms with van der Waals surface area (Å²) in [6.07, 6.45) is 2.95. The van der Waals surface area contributed by atoms with Crippen LogP contribution in [0.4, 0.5) is 0 Å². The van der Waals surface area contributed by atoms with Crippen LogP contribution in [0, 0.1) is 5.92 Å². The van der Waals surface area contributed by atoms with Crippen LogP contribution >= 0.6 is 0 Å². The van der Waals surface area contributed by atoms with Crippen molar-refractivity contribution in [1.29, 1.82) is 0 Å². The van der Waals surface area contributed by atoms with E-state index in [1.807, 2.05) is 0 Å². The molecule has 2 N–H and O–H groups in total. The molecule has 1 aliphatic carbocycles. The minimum atomic E-state index is 0.103. The molecule has 1 saturated carbocycles. The van der Waals surface area contributed by atoms with E-state index in [9.17, 15) is 4.79 Å². The predicted molar refractivity (Wildman–Crippen MR) is 62.7 cm³/mol. The Labute approximate surface area is 93.0 Å². The van der Waals surface area contributed by atoms with Gasteiger partial charge in [0, 0.05) is 24.5 Å². The molecule has 3 heteroatoms. The van der Waals surface area contributed by atoms with Crippen molar-refractivity contribution in [1.82, 2.24) is 10.6 Å². The van der Waals surface area contributed by atoms with Gasteiger partial charge in [0.1, 0.15) is 0 Å². The SMILES string of the molecule is CCC1CC1NC(=O)CCNC(C)(C)C. The summed E-state index contributed by atoms with van der Waals surface area (Å²) in [5, 5.41) is 6.37. The first kappa shape index (κ1) is 12.5. The summed E-state index contributed by atoms with van der Waals surface area (Å²) in [7, 11) is 0. The Kier molecular flexibility index (Phi) is 4.14. The Balaban J connectivity index is 2.05. The Morgan fingerprint density at radius 2 is 2.07 bits per heavy atom. The van der Waals surface area contributed by atoms with Gasteiger partial charge in [-0.15, -0.1) is 0 Å². The highest BCUT2D eigenvalue weighted by Gasteiger charge is 2.36. The predicted octanol–water partition coefficient (Wildman–Crippen LogP) is 1.68. The first-order valence-electron chi connectivity index (χ1n) is 5.97. The number of amides is 1. The van der Waals surface area contributed by atoms with Gasteiger partial charge < -0.3 is 10.6 Å². The van der Waals surface area contributed by atoms with Crippen LogP contribution in [0.25, 0.3) is 0 Å². The summed E-state index contributed by atoms with van der Waals surface area (Å²) < 4.78 is 0. The lowest BCUT2D eigenvalue weighted by Gasteiger charge is -2.20. The van der Waals surface area contributed by atoms with Crippen molar-refractivity contribution in [2.24, 2.45) is 5.92 Å². The van der Waals surface area contributed by atoms with Crippen molar-refractivity contribution >= 4 is 5.91 Å². The number of hydrogen-bond donors (Lipinski definition) is 2. The van der Waals surface area contributed by atoms with Crippen molar-refractivity contribution in [3.63, 3.8) is 0 Å². The second-order valence-corrected chi connectivity index (χ2v) is 5.50. The molecule has 88 valence electrons. The van der Waals surface area contributed by atoms with E-state index in [4.69, 9.17) is 0 Å². The highest BCUT2D eigenvalue weighted by molar-refractivity contribution is 5.76. The number of hydrogen-bond acceptors (Lipinski definition) is 2. The van der Waals surface area contributed by atoms with Gasteiger partial charge in [-0.1, -0.05) is 13.3 Å².